The average Bonchev–Trinajstić information content (AvgIpc) is 2.81. The van der Waals surface area contributed by atoms with Crippen molar-refractivity contribution in [3.05, 3.63) is 42.0 Å². The molecule has 1 saturated heterocycles. The van der Waals surface area contributed by atoms with Crippen LogP contribution in [0, 0.1) is 5.92 Å². The van der Waals surface area contributed by atoms with Crippen molar-refractivity contribution >= 4 is 11.9 Å². The van der Waals surface area contributed by atoms with E-state index in [2.05, 4.69) is 17.5 Å². The van der Waals surface area contributed by atoms with Crippen LogP contribution in [0.25, 0.3) is 0 Å². The second-order valence-corrected chi connectivity index (χ2v) is 6.34. The predicted octanol–water partition coefficient (Wildman–Crippen LogP) is 2.86. The summed E-state index contributed by atoms with van der Waals surface area (Å²) in [5, 5.41) is 2.90. The summed E-state index contributed by atoms with van der Waals surface area (Å²) < 4.78 is 5.13. The number of benzene rings is 1. The summed E-state index contributed by atoms with van der Waals surface area (Å²) in [7, 11) is 1.61. The molecular formula is C18H22N2O3. The molecule has 3 rings (SSSR count). The number of ether oxygens (including phenoxy) is 1. The first-order chi connectivity index (χ1) is 11.0. The van der Waals surface area contributed by atoms with Gasteiger partial charge >= 0.3 is 6.03 Å². The highest BCUT2D eigenvalue weighted by molar-refractivity contribution is 6.07. The van der Waals surface area contributed by atoms with E-state index in [0.29, 0.717) is 0 Å². The van der Waals surface area contributed by atoms with E-state index in [0.717, 1.165) is 30.6 Å². The first-order valence-corrected chi connectivity index (χ1v) is 7.98. The normalized spacial score (nSPS) is 27.2. The van der Waals surface area contributed by atoms with Crippen LogP contribution < -0.4 is 10.1 Å². The fourth-order valence-electron chi connectivity index (χ4n) is 3.32. The van der Waals surface area contributed by atoms with E-state index in [1.165, 1.54) is 4.90 Å². The van der Waals surface area contributed by atoms with E-state index < -0.39 is 5.54 Å². The molecule has 23 heavy (non-hydrogen) atoms. The highest BCUT2D eigenvalue weighted by Crippen LogP contribution is 2.33. The van der Waals surface area contributed by atoms with Crippen molar-refractivity contribution in [2.75, 3.05) is 7.11 Å². The van der Waals surface area contributed by atoms with E-state index in [-0.39, 0.29) is 24.4 Å². The Kier molecular flexibility index (Phi) is 4.11. The molecule has 0 aromatic heterocycles. The number of rotatable bonds is 4. The van der Waals surface area contributed by atoms with E-state index in [9.17, 15) is 9.59 Å². The van der Waals surface area contributed by atoms with E-state index >= 15 is 0 Å². The zero-order valence-electron chi connectivity index (χ0n) is 13.5. The van der Waals surface area contributed by atoms with Gasteiger partial charge in [-0.2, -0.15) is 0 Å². The number of nitrogens with one attached hydrogen (secondary N) is 1. The lowest BCUT2D eigenvalue weighted by Gasteiger charge is -2.31. The molecule has 5 nitrogen and oxygen atoms in total. The minimum Gasteiger partial charge on any atom is -0.497 e. The van der Waals surface area contributed by atoms with E-state index in [1.807, 2.05) is 31.2 Å². The van der Waals surface area contributed by atoms with Crippen molar-refractivity contribution in [3.8, 4) is 5.75 Å². The summed E-state index contributed by atoms with van der Waals surface area (Å²) in [5.74, 6) is 0.673. The third kappa shape index (κ3) is 2.83. The Morgan fingerprint density at radius 3 is 2.65 bits per heavy atom. The van der Waals surface area contributed by atoms with E-state index in [4.69, 9.17) is 4.74 Å². The molecule has 0 radical (unpaired) electrons. The Morgan fingerprint density at radius 2 is 2.04 bits per heavy atom. The van der Waals surface area contributed by atoms with Crippen LogP contribution in [0.15, 0.2) is 36.4 Å². The van der Waals surface area contributed by atoms with Gasteiger partial charge in [-0.15, -0.1) is 0 Å². The fourth-order valence-corrected chi connectivity index (χ4v) is 3.32. The maximum Gasteiger partial charge on any atom is 0.325 e. The first kappa shape index (κ1) is 15.6. The number of methoxy groups -OCH3 is 1. The molecule has 1 N–H and O–H groups in total. The highest BCUT2D eigenvalue weighted by Gasteiger charge is 2.51. The van der Waals surface area contributed by atoms with Crippen LogP contribution in [0.1, 0.15) is 31.7 Å². The van der Waals surface area contributed by atoms with Gasteiger partial charge in [-0.3, -0.25) is 9.69 Å². The quantitative estimate of drug-likeness (QED) is 0.687. The molecule has 1 aromatic rings. The second kappa shape index (κ2) is 6.07. The third-order valence-electron chi connectivity index (χ3n) is 4.80. The topological polar surface area (TPSA) is 58.6 Å². The van der Waals surface area contributed by atoms with Crippen molar-refractivity contribution in [2.24, 2.45) is 5.92 Å². The predicted molar refractivity (Wildman–Crippen MR) is 87.0 cm³/mol. The van der Waals surface area contributed by atoms with Crippen molar-refractivity contribution in [2.45, 2.75) is 38.3 Å². The van der Waals surface area contributed by atoms with Gasteiger partial charge in [0, 0.05) is 5.92 Å². The number of amides is 3. The molecule has 3 amide bonds. The molecule has 1 aliphatic heterocycles. The van der Waals surface area contributed by atoms with Crippen LogP contribution in [0.5, 0.6) is 5.75 Å². The molecule has 2 unspecified atom stereocenters. The van der Waals surface area contributed by atoms with Gasteiger partial charge in [-0.25, -0.2) is 4.79 Å². The highest BCUT2D eigenvalue weighted by atomic mass is 16.5. The van der Waals surface area contributed by atoms with Gasteiger partial charge in [0.2, 0.25) is 0 Å². The largest absolute Gasteiger partial charge is 0.497 e. The number of imide groups is 1. The first-order valence-electron chi connectivity index (χ1n) is 7.98. The van der Waals surface area contributed by atoms with Gasteiger partial charge in [0.25, 0.3) is 5.91 Å². The van der Waals surface area contributed by atoms with Crippen molar-refractivity contribution in [3.63, 3.8) is 0 Å². The van der Waals surface area contributed by atoms with E-state index in [1.54, 1.807) is 7.11 Å². The van der Waals surface area contributed by atoms with Crippen LogP contribution in [0.3, 0.4) is 0 Å². The second-order valence-electron chi connectivity index (χ2n) is 6.34. The number of carbonyl (C=O) groups is 2. The third-order valence-corrected chi connectivity index (χ3v) is 4.80. The average molecular weight is 314 g/mol. The zero-order valence-corrected chi connectivity index (χ0v) is 13.5. The van der Waals surface area contributed by atoms with Gasteiger partial charge in [-0.05, 0) is 43.9 Å². The fraction of sp³-hybridized carbons (Fsp3) is 0.444. The summed E-state index contributed by atoms with van der Waals surface area (Å²) in [5.41, 5.74) is 0.0678. The van der Waals surface area contributed by atoms with Crippen molar-refractivity contribution in [1.82, 2.24) is 10.2 Å². The number of carbonyl (C=O) groups excluding carboxylic acids is 2. The Bertz CT molecular complexity index is 638. The molecule has 0 saturated carbocycles. The molecule has 2 aliphatic rings. The molecule has 122 valence electrons. The minimum absolute atomic E-state index is 0.0635. The van der Waals surface area contributed by atoms with Gasteiger partial charge in [-0.1, -0.05) is 24.3 Å². The summed E-state index contributed by atoms with van der Waals surface area (Å²) in [4.78, 5) is 26.5. The lowest BCUT2D eigenvalue weighted by atomic mass is 9.79. The summed E-state index contributed by atoms with van der Waals surface area (Å²) in [6.07, 6.45) is 7.20. The lowest BCUT2D eigenvalue weighted by molar-refractivity contribution is -0.132. The Balaban J connectivity index is 1.77. The lowest BCUT2D eigenvalue weighted by Crippen LogP contribution is -2.50. The van der Waals surface area contributed by atoms with Gasteiger partial charge in [0.15, 0.2) is 0 Å². The Hall–Kier alpha value is -2.30. The SMILES string of the molecule is COc1ccc(CN2C(=O)NC(C)(C3C=CCCC3)C2=O)cc1. The molecular weight excluding hydrogens is 292 g/mol. The van der Waals surface area contributed by atoms with Crippen LogP contribution in [0.2, 0.25) is 0 Å². The van der Waals surface area contributed by atoms with Crippen LogP contribution in [-0.2, 0) is 11.3 Å². The van der Waals surface area contributed by atoms with Crippen LogP contribution in [0.4, 0.5) is 4.79 Å². The zero-order chi connectivity index (χ0) is 16.4. The summed E-state index contributed by atoms with van der Waals surface area (Å²) >= 11 is 0. The number of hydrogen-bond acceptors (Lipinski definition) is 3. The smallest absolute Gasteiger partial charge is 0.325 e. The molecule has 1 aliphatic carbocycles. The molecule has 1 aromatic carbocycles. The molecule has 5 heteroatoms. The summed E-state index contributed by atoms with van der Waals surface area (Å²) in [6, 6.07) is 7.09. The molecule has 1 heterocycles. The number of nitrogens with zero attached hydrogens (tertiary/aromatic N) is 1. The maximum absolute atomic E-state index is 12.8. The van der Waals surface area contributed by atoms with Crippen LogP contribution in [-0.4, -0.2) is 29.5 Å². The molecule has 2 atom stereocenters. The maximum atomic E-state index is 12.8. The number of urea groups is 1. The standard InChI is InChI=1S/C18H22N2O3/c1-18(14-6-4-3-5-7-14)16(21)20(17(22)19-18)12-13-8-10-15(23-2)11-9-13/h4,6,8-11,14H,3,5,7,12H2,1-2H3,(H,19,22). The Labute approximate surface area is 136 Å². The monoisotopic (exact) mass is 314 g/mol. The van der Waals surface area contributed by atoms with Gasteiger partial charge in [0.05, 0.1) is 13.7 Å². The minimum atomic E-state index is -0.833. The molecule has 1 fully saturated rings. The van der Waals surface area contributed by atoms with Crippen LogP contribution >= 0.6 is 0 Å². The summed E-state index contributed by atoms with van der Waals surface area (Å²) in [6.45, 7) is 2.11. The molecule has 0 spiro atoms. The number of allylic oxidation sites excluding steroid dienone is 1. The van der Waals surface area contributed by atoms with Crippen molar-refractivity contribution in [1.29, 1.82) is 0 Å². The molecule has 0 bridgehead atoms. The van der Waals surface area contributed by atoms with Gasteiger partial charge in [0.1, 0.15) is 11.3 Å². The van der Waals surface area contributed by atoms with Gasteiger partial charge < -0.3 is 10.1 Å². The number of hydrogen-bond donors (Lipinski definition) is 1. The van der Waals surface area contributed by atoms with Crippen molar-refractivity contribution < 1.29 is 14.3 Å². The Morgan fingerprint density at radius 1 is 1.30 bits per heavy atom.